The maximum Gasteiger partial charge on any atom is 0.408 e. The molecule has 1 heterocycles. The molecule has 1 aliphatic rings. The molecule has 2 atom stereocenters. The molecular formula is C10H20N2O3. The van der Waals surface area contributed by atoms with Crippen molar-refractivity contribution in [2.24, 2.45) is 0 Å². The van der Waals surface area contributed by atoms with Crippen molar-refractivity contribution < 1.29 is 15.0 Å². The number of hydrogen-bond donors (Lipinski definition) is 3. The van der Waals surface area contributed by atoms with Crippen LogP contribution in [0.3, 0.4) is 0 Å². The number of nitrogens with one attached hydrogen (secondary N) is 1. The standard InChI is InChI=1S/C10H20N2O3/c1-10(2,3)12(9(14)15)8-4-7(6-13)11-5-8/h7-8,11,13H,4-6H2,1-3H3,(H,14,15)/t7-,8+/m0/s1. The van der Waals surface area contributed by atoms with Gasteiger partial charge < -0.3 is 15.5 Å². The van der Waals surface area contributed by atoms with Gasteiger partial charge in [0.1, 0.15) is 0 Å². The van der Waals surface area contributed by atoms with Crippen LogP contribution in [0.25, 0.3) is 0 Å². The smallest absolute Gasteiger partial charge is 0.408 e. The highest BCUT2D eigenvalue weighted by molar-refractivity contribution is 5.66. The molecule has 1 rings (SSSR count). The zero-order valence-corrected chi connectivity index (χ0v) is 9.53. The molecule has 5 nitrogen and oxygen atoms in total. The summed E-state index contributed by atoms with van der Waals surface area (Å²) < 4.78 is 0. The van der Waals surface area contributed by atoms with Gasteiger partial charge >= 0.3 is 6.09 Å². The molecule has 1 fully saturated rings. The fourth-order valence-corrected chi connectivity index (χ4v) is 2.12. The van der Waals surface area contributed by atoms with Crippen molar-refractivity contribution in [3.8, 4) is 0 Å². The van der Waals surface area contributed by atoms with E-state index >= 15 is 0 Å². The summed E-state index contributed by atoms with van der Waals surface area (Å²) in [4.78, 5) is 12.6. The van der Waals surface area contributed by atoms with Gasteiger partial charge in [-0.2, -0.15) is 0 Å². The molecule has 0 unspecified atom stereocenters. The van der Waals surface area contributed by atoms with Crippen LogP contribution < -0.4 is 5.32 Å². The first-order valence-corrected chi connectivity index (χ1v) is 5.22. The lowest BCUT2D eigenvalue weighted by Gasteiger charge is -2.37. The third kappa shape index (κ3) is 2.82. The first-order valence-electron chi connectivity index (χ1n) is 5.22. The Morgan fingerprint density at radius 2 is 2.13 bits per heavy atom. The molecule has 3 N–H and O–H groups in total. The molecule has 0 aromatic rings. The molecule has 1 amide bonds. The summed E-state index contributed by atoms with van der Waals surface area (Å²) in [6.45, 7) is 6.33. The Labute approximate surface area is 90.1 Å². The number of rotatable bonds is 2. The first-order chi connectivity index (χ1) is 6.86. The normalized spacial score (nSPS) is 26.7. The van der Waals surface area contributed by atoms with Crippen LogP contribution in [0.1, 0.15) is 27.2 Å². The minimum atomic E-state index is -0.895. The molecule has 0 aliphatic carbocycles. The van der Waals surface area contributed by atoms with E-state index in [-0.39, 0.29) is 18.7 Å². The van der Waals surface area contributed by atoms with E-state index in [9.17, 15) is 4.79 Å². The van der Waals surface area contributed by atoms with Crippen LogP contribution in [0, 0.1) is 0 Å². The summed E-state index contributed by atoms with van der Waals surface area (Å²) >= 11 is 0. The van der Waals surface area contributed by atoms with Crippen molar-refractivity contribution in [2.45, 2.75) is 44.8 Å². The Morgan fingerprint density at radius 3 is 2.47 bits per heavy atom. The molecule has 88 valence electrons. The number of aliphatic hydroxyl groups excluding tert-OH is 1. The van der Waals surface area contributed by atoms with Crippen LogP contribution in [-0.2, 0) is 0 Å². The molecule has 0 saturated carbocycles. The van der Waals surface area contributed by atoms with Crippen molar-refractivity contribution in [1.82, 2.24) is 10.2 Å². The Morgan fingerprint density at radius 1 is 1.53 bits per heavy atom. The first kappa shape index (κ1) is 12.3. The van der Waals surface area contributed by atoms with Gasteiger partial charge in [-0.1, -0.05) is 0 Å². The second-order valence-corrected chi connectivity index (χ2v) is 5.00. The number of carboxylic acid groups (broad SMARTS) is 1. The number of aliphatic hydroxyl groups is 1. The lowest BCUT2D eigenvalue weighted by Crippen LogP contribution is -2.51. The van der Waals surface area contributed by atoms with E-state index in [1.807, 2.05) is 20.8 Å². The fraction of sp³-hybridized carbons (Fsp3) is 0.900. The molecule has 0 aromatic heterocycles. The van der Waals surface area contributed by atoms with E-state index in [0.29, 0.717) is 13.0 Å². The molecule has 0 spiro atoms. The summed E-state index contributed by atoms with van der Waals surface area (Å²) in [6, 6.07) is -0.0150. The van der Waals surface area contributed by atoms with Gasteiger partial charge in [-0.05, 0) is 27.2 Å². The highest BCUT2D eigenvalue weighted by Gasteiger charge is 2.37. The lowest BCUT2D eigenvalue weighted by atomic mass is 10.0. The molecule has 15 heavy (non-hydrogen) atoms. The van der Waals surface area contributed by atoms with E-state index in [0.717, 1.165) is 0 Å². The maximum absolute atomic E-state index is 11.2. The van der Waals surface area contributed by atoms with Crippen molar-refractivity contribution >= 4 is 6.09 Å². The molecule has 5 heteroatoms. The summed E-state index contributed by atoms with van der Waals surface area (Å²) in [5.41, 5.74) is -0.400. The average molecular weight is 216 g/mol. The van der Waals surface area contributed by atoms with Gasteiger partial charge in [-0.15, -0.1) is 0 Å². The van der Waals surface area contributed by atoms with Gasteiger partial charge in [0.2, 0.25) is 0 Å². The number of nitrogens with zero attached hydrogens (tertiary/aromatic N) is 1. The second-order valence-electron chi connectivity index (χ2n) is 5.00. The Kier molecular flexibility index (Phi) is 3.57. The van der Waals surface area contributed by atoms with Gasteiger partial charge in [0.05, 0.1) is 6.61 Å². The summed E-state index contributed by atoms with van der Waals surface area (Å²) in [5.74, 6) is 0. The third-order valence-electron chi connectivity index (χ3n) is 2.71. The number of carbonyl (C=O) groups is 1. The monoisotopic (exact) mass is 216 g/mol. The summed E-state index contributed by atoms with van der Waals surface area (Å²) in [7, 11) is 0. The van der Waals surface area contributed by atoms with Crippen molar-refractivity contribution in [1.29, 1.82) is 0 Å². The number of amides is 1. The van der Waals surface area contributed by atoms with E-state index < -0.39 is 11.6 Å². The van der Waals surface area contributed by atoms with Crippen LogP contribution in [0.2, 0.25) is 0 Å². The largest absolute Gasteiger partial charge is 0.465 e. The summed E-state index contributed by atoms with van der Waals surface area (Å²) in [6.07, 6.45) is -0.215. The maximum atomic E-state index is 11.2. The number of hydrogen-bond acceptors (Lipinski definition) is 3. The van der Waals surface area contributed by atoms with Crippen LogP contribution >= 0.6 is 0 Å². The third-order valence-corrected chi connectivity index (χ3v) is 2.71. The van der Waals surface area contributed by atoms with E-state index in [1.54, 1.807) is 0 Å². The lowest BCUT2D eigenvalue weighted by molar-refractivity contribution is 0.0743. The second kappa shape index (κ2) is 4.37. The van der Waals surface area contributed by atoms with E-state index in [1.165, 1.54) is 4.90 Å². The molecular weight excluding hydrogens is 196 g/mol. The van der Waals surface area contributed by atoms with Gasteiger partial charge in [-0.3, -0.25) is 4.90 Å². The molecule has 0 aromatic carbocycles. The quantitative estimate of drug-likeness (QED) is 0.628. The average Bonchev–Trinajstić information content (AvgIpc) is 2.49. The van der Waals surface area contributed by atoms with Crippen LogP contribution in [0.15, 0.2) is 0 Å². The van der Waals surface area contributed by atoms with Crippen LogP contribution in [0.4, 0.5) is 4.79 Å². The van der Waals surface area contributed by atoms with Crippen molar-refractivity contribution in [2.75, 3.05) is 13.2 Å². The predicted octanol–water partition coefficient (Wildman–Crippen LogP) is 0.488. The van der Waals surface area contributed by atoms with Crippen LogP contribution in [-0.4, -0.2) is 52.0 Å². The molecule has 0 radical (unpaired) electrons. The molecule has 1 aliphatic heterocycles. The highest BCUT2D eigenvalue weighted by Crippen LogP contribution is 2.22. The zero-order valence-electron chi connectivity index (χ0n) is 9.53. The summed E-state index contributed by atoms with van der Waals surface area (Å²) in [5, 5.41) is 21.3. The van der Waals surface area contributed by atoms with Gasteiger partial charge in [0, 0.05) is 24.2 Å². The van der Waals surface area contributed by atoms with Gasteiger partial charge in [0.15, 0.2) is 0 Å². The van der Waals surface area contributed by atoms with Crippen LogP contribution in [0.5, 0.6) is 0 Å². The Bertz CT molecular complexity index is 237. The minimum absolute atomic E-state index is 0.0270. The predicted molar refractivity (Wildman–Crippen MR) is 56.9 cm³/mol. The van der Waals surface area contributed by atoms with E-state index in [2.05, 4.69) is 5.32 Å². The van der Waals surface area contributed by atoms with Crippen molar-refractivity contribution in [3.05, 3.63) is 0 Å². The minimum Gasteiger partial charge on any atom is -0.465 e. The van der Waals surface area contributed by atoms with Gasteiger partial charge in [0.25, 0.3) is 0 Å². The van der Waals surface area contributed by atoms with Gasteiger partial charge in [-0.25, -0.2) is 4.79 Å². The topological polar surface area (TPSA) is 72.8 Å². The highest BCUT2D eigenvalue weighted by atomic mass is 16.4. The van der Waals surface area contributed by atoms with E-state index in [4.69, 9.17) is 10.2 Å². The molecule has 0 bridgehead atoms. The fourth-order valence-electron chi connectivity index (χ4n) is 2.12. The Hall–Kier alpha value is -0.810. The Balaban J connectivity index is 2.71. The molecule has 1 saturated heterocycles. The zero-order chi connectivity index (χ0) is 11.6. The van der Waals surface area contributed by atoms with Crippen molar-refractivity contribution in [3.63, 3.8) is 0 Å². The SMILES string of the molecule is CC(C)(C)N(C(=O)O)[C@H]1CN[C@H](CO)C1.